The molecule has 9 aromatic rings. The van der Waals surface area contributed by atoms with Crippen molar-refractivity contribution in [2.24, 2.45) is 0 Å². The van der Waals surface area contributed by atoms with Gasteiger partial charge in [-0.1, -0.05) is 54.6 Å². The fourth-order valence-electron chi connectivity index (χ4n) is 6.43. The number of fused-ring (bicyclic) bond motifs is 1. The molecule has 0 aliphatic rings. The van der Waals surface area contributed by atoms with Gasteiger partial charge in [-0.25, -0.2) is 8.78 Å². The second kappa shape index (κ2) is 13.5. The summed E-state index contributed by atoms with van der Waals surface area (Å²) in [7, 11) is 0. The molecule has 5 heterocycles. The highest BCUT2D eigenvalue weighted by Crippen LogP contribution is 2.37. The lowest BCUT2D eigenvalue weighted by Gasteiger charge is -2.11. The fraction of sp³-hybridized carbons (Fsp3) is 0. The van der Waals surface area contributed by atoms with Crippen molar-refractivity contribution < 1.29 is 8.78 Å². The van der Waals surface area contributed by atoms with Crippen LogP contribution in [0.2, 0.25) is 0 Å². The summed E-state index contributed by atoms with van der Waals surface area (Å²) < 4.78 is 32.1. The Hall–Kier alpha value is -7.26. The molecular weight excluding hydrogens is 665 g/mol. The zero-order chi connectivity index (χ0) is 35.7. The van der Waals surface area contributed by atoms with Gasteiger partial charge in [0.05, 0.1) is 28.5 Å². The Labute approximate surface area is 303 Å². The zero-order valence-electron chi connectivity index (χ0n) is 28.0. The van der Waals surface area contributed by atoms with E-state index in [9.17, 15) is 0 Å². The van der Waals surface area contributed by atoms with Crippen LogP contribution in [0.5, 0.6) is 0 Å². The smallest absolute Gasteiger partial charge is 0.131 e. The Morgan fingerprint density at radius 1 is 0.377 bits per heavy atom. The molecule has 9 rings (SSSR count). The number of benzene rings is 4. The van der Waals surface area contributed by atoms with Gasteiger partial charge in [-0.2, -0.15) is 4.80 Å². The third-order valence-corrected chi connectivity index (χ3v) is 9.05. The fourth-order valence-corrected chi connectivity index (χ4v) is 6.43. The normalized spacial score (nSPS) is 11.2. The van der Waals surface area contributed by atoms with Gasteiger partial charge in [0.25, 0.3) is 0 Å². The van der Waals surface area contributed by atoms with Crippen LogP contribution in [0.25, 0.3) is 84.0 Å². The van der Waals surface area contributed by atoms with Crippen LogP contribution in [0.4, 0.5) is 8.78 Å². The maximum atomic E-state index is 16.1. The third kappa shape index (κ3) is 6.21. The van der Waals surface area contributed by atoms with Crippen LogP contribution < -0.4 is 0 Å². The topological polar surface area (TPSA) is 82.3 Å². The highest BCUT2D eigenvalue weighted by molar-refractivity contribution is 5.96. The molecule has 0 fully saturated rings. The highest BCUT2D eigenvalue weighted by atomic mass is 19.1. The van der Waals surface area contributed by atoms with Crippen molar-refractivity contribution >= 4 is 11.0 Å². The first-order valence-corrected chi connectivity index (χ1v) is 16.9. The van der Waals surface area contributed by atoms with Gasteiger partial charge in [0, 0.05) is 41.5 Å². The highest BCUT2D eigenvalue weighted by Gasteiger charge is 2.18. The summed E-state index contributed by atoms with van der Waals surface area (Å²) in [4.78, 5) is 19.2. The monoisotopic (exact) mass is 691 g/mol. The molecule has 0 saturated heterocycles. The Morgan fingerprint density at radius 2 is 0.925 bits per heavy atom. The number of aromatic nitrogens is 7. The third-order valence-electron chi connectivity index (χ3n) is 9.05. The van der Waals surface area contributed by atoms with E-state index >= 15 is 8.78 Å². The van der Waals surface area contributed by atoms with Crippen LogP contribution >= 0.6 is 0 Å². The lowest BCUT2D eigenvalue weighted by Crippen LogP contribution is -1.97. The Kier molecular flexibility index (Phi) is 8.05. The van der Waals surface area contributed by atoms with Gasteiger partial charge in [0.1, 0.15) is 22.7 Å². The minimum absolute atomic E-state index is 0.395. The lowest BCUT2D eigenvalue weighted by molar-refractivity contribution is 0.631. The van der Waals surface area contributed by atoms with Gasteiger partial charge < -0.3 is 0 Å². The molecule has 4 aromatic carbocycles. The van der Waals surface area contributed by atoms with Crippen LogP contribution in [-0.4, -0.2) is 34.9 Å². The molecule has 5 aromatic heterocycles. The molecular formula is C44H27F2N7. The van der Waals surface area contributed by atoms with E-state index in [-0.39, 0.29) is 0 Å². The molecule has 0 amide bonds. The second-order valence-corrected chi connectivity index (χ2v) is 12.4. The zero-order valence-corrected chi connectivity index (χ0v) is 28.0. The van der Waals surface area contributed by atoms with Gasteiger partial charge in [-0.3, -0.25) is 19.9 Å². The molecule has 7 nitrogen and oxygen atoms in total. The Bertz CT molecular complexity index is 2750. The van der Waals surface area contributed by atoms with E-state index < -0.39 is 11.6 Å². The number of rotatable bonds is 7. The van der Waals surface area contributed by atoms with E-state index in [1.165, 1.54) is 12.1 Å². The standard InChI is InChI=1S/C44H27F2N7/c45-37-23-28(12-14-34(37)30-16-20-49-41(25-30)39-10-4-6-18-47-39)32-22-36(44-43(27-32)51-53(52-44)33-8-2-1-3-9-33)29-13-15-35(38(46)24-29)31-17-21-50-42(26-31)40-11-5-7-19-48-40/h1-27H. The average molecular weight is 692 g/mol. The molecule has 0 unspecified atom stereocenters. The Morgan fingerprint density at radius 3 is 1.51 bits per heavy atom. The van der Waals surface area contributed by atoms with E-state index in [1.807, 2.05) is 103 Å². The molecule has 0 aliphatic carbocycles. The van der Waals surface area contributed by atoms with E-state index in [0.717, 1.165) is 5.69 Å². The molecule has 9 heteroatoms. The van der Waals surface area contributed by atoms with Crippen LogP contribution in [0.1, 0.15) is 0 Å². The molecule has 0 N–H and O–H groups in total. The molecule has 53 heavy (non-hydrogen) atoms. The predicted octanol–water partition coefficient (Wildman–Crippen LogP) is 10.3. The van der Waals surface area contributed by atoms with E-state index in [1.54, 1.807) is 53.8 Å². The maximum absolute atomic E-state index is 16.1. The number of hydrogen-bond donors (Lipinski definition) is 0. The number of nitrogens with zero attached hydrogens (tertiary/aromatic N) is 7. The van der Waals surface area contributed by atoms with Crippen molar-refractivity contribution in [3.63, 3.8) is 0 Å². The first-order valence-electron chi connectivity index (χ1n) is 16.9. The quantitative estimate of drug-likeness (QED) is 0.165. The van der Waals surface area contributed by atoms with Crippen molar-refractivity contribution in [2.45, 2.75) is 0 Å². The van der Waals surface area contributed by atoms with E-state index in [0.29, 0.717) is 78.3 Å². The van der Waals surface area contributed by atoms with E-state index in [4.69, 9.17) is 10.2 Å². The first kappa shape index (κ1) is 31.7. The molecule has 0 saturated carbocycles. The molecule has 0 aliphatic heterocycles. The summed E-state index contributed by atoms with van der Waals surface area (Å²) in [6.07, 6.45) is 6.71. The molecule has 0 atom stereocenters. The number of hydrogen-bond acceptors (Lipinski definition) is 6. The molecule has 252 valence electrons. The summed E-state index contributed by atoms with van der Waals surface area (Å²) in [5, 5.41) is 9.64. The van der Waals surface area contributed by atoms with Crippen LogP contribution in [0.3, 0.4) is 0 Å². The van der Waals surface area contributed by atoms with Crippen molar-refractivity contribution in [2.75, 3.05) is 0 Å². The first-order chi connectivity index (χ1) is 26.1. The summed E-state index contributed by atoms with van der Waals surface area (Å²) in [5.41, 5.74) is 9.48. The molecule has 0 bridgehead atoms. The average Bonchev–Trinajstić information content (AvgIpc) is 3.66. The lowest BCUT2D eigenvalue weighted by atomic mass is 9.94. The second-order valence-electron chi connectivity index (χ2n) is 12.4. The molecule has 0 radical (unpaired) electrons. The van der Waals surface area contributed by atoms with Gasteiger partial charge in [0.2, 0.25) is 0 Å². The van der Waals surface area contributed by atoms with Crippen LogP contribution in [-0.2, 0) is 0 Å². The van der Waals surface area contributed by atoms with Gasteiger partial charge >= 0.3 is 0 Å². The van der Waals surface area contributed by atoms with Gasteiger partial charge in [-0.15, -0.1) is 10.2 Å². The summed E-state index contributed by atoms with van der Waals surface area (Å²) in [6.45, 7) is 0. The summed E-state index contributed by atoms with van der Waals surface area (Å²) in [5.74, 6) is -0.805. The molecule has 0 spiro atoms. The Balaban J connectivity index is 1.13. The SMILES string of the molecule is Fc1cc(-c2cc(-c3ccc(-c4ccnc(-c5ccccn5)c4)c(F)c3)c3nn(-c4ccccc4)nc3c2)ccc1-c1ccnc(-c2ccccn2)c1. The van der Waals surface area contributed by atoms with Crippen LogP contribution in [0.15, 0.2) is 164 Å². The number of pyridine rings is 4. The predicted molar refractivity (Wildman–Crippen MR) is 203 cm³/mol. The summed E-state index contributed by atoms with van der Waals surface area (Å²) >= 11 is 0. The van der Waals surface area contributed by atoms with Gasteiger partial charge in [0.15, 0.2) is 0 Å². The van der Waals surface area contributed by atoms with Crippen molar-refractivity contribution in [3.05, 3.63) is 176 Å². The van der Waals surface area contributed by atoms with Crippen molar-refractivity contribution in [1.82, 2.24) is 34.9 Å². The minimum atomic E-state index is -0.410. The minimum Gasteiger partial charge on any atom is -0.255 e. The largest absolute Gasteiger partial charge is 0.255 e. The summed E-state index contributed by atoms with van der Waals surface area (Å²) in [6, 6.07) is 42.0. The van der Waals surface area contributed by atoms with E-state index in [2.05, 4.69) is 19.9 Å². The van der Waals surface area contributed by atoms with Crippen molar-refractivity contribution in [3.8, 4) is 73.0 Å². The number of para-hydroxylation sites is 1. The van der Waals surface area contributed by atoms with Crippen LogP contribution in [0, 0.1) is 11.6 Å². The van der Waals surface area contributed by atoms with Gasteiger partial charge in [-0.05, 0) is 113 Å². The van der Waals surface area contributed by atoms with Crippen molar-refractivity contribution in [1.29, 1.82) is 0 Å². The maximum Gasteiger partial charge on any atom is 0.131 e. The number of halogens is 2.